The Bertz CT molecular complexity index is 1120. The molecule has 140 valence electrons. The summed E-state index contributed by atoms with van der Waals surface area (Å²) in [6, 6.07) is 7.34. The van der Waals surface area contributed by atoms with E-state index in [1.807, 2.05) is 46.0 Å². The van der Waals surface area contributed by atoms with E-state index >= 15 is 0 Å². The number of hydrogen-bond acceptors (Lipinski definition) is 3. The molecular formula is C20H20BrN3O3. The second-order valence-corrected chi connectivity index (χ2v) is 8.30. The van der Waals surface area contributed by atoms with Crippen LogP contribution in [0, 0.1) is 6.92 Å². The van der Waals surface area contributed by atoms with E-state index in [-0.39, 0.29) is 11.8 Å². The topological polar surface area (TPSA) is 67.5 Å². The van der Waals surface area contributed by atoms with Crippen LogP contribution in [0.2, 0.25) is 0 Å². The molecule has 1 aromatic carbocycles. The summed E-state index contributed by atoms with van der Waals surface area (Å²) in [6.07, 6.45) is 0. The Labute approximate surface area is 165 Å². The number of nitrogens with one attached hydrogen (secondary N) is 1. The number of carbonyl (C=O) groups is 2. The van der Waals surface area contributed by atoms with Gasteiger partial charge in [0.25, 0.3) is 5.91 Å². The van der Waals surface area contributed by atoms with Crippen LogP contribution in [-0.4, -0.2) is 23.4 Å². The number of anilines is 2. The van der Waals surface area contributed by atoms with Crippen molar-refractivity contribution in [3.8, 4) is 0 Å². The number of rotatable bonds is 2. The Morgan fingerprint density at radius 1 is 1.19 bits per heavy atom. The van der Waals surface area contributed by atoms with Crippen LogP contribution in [-0.2, 0) is 17.3 Å². The van der Waals surface area contributed by atoms with Gasteiger partial charge in [0.2, 0.25) is 5.91 Å². The third-order valence-corrected chi connectivity index (χ3v) is 5.73. The van der Waals surface area contributed by atoms with Crippen molar-refractivity contribution in [3.63, 3.8) is 0 Å². The molecule has 27 heavy (non-hydrogen) atoms. The normalized spacial score (nSPS) is 15.5. The first kappa shape index (κ1) is 17.9. The van der Waals surface area contributed by atoms with E-state index in [9.17, 15) is 9.59 Å². The minimum absolute atomic E-state index is 0.0532. The number of nitrogens with zero attached hydrogens (tertiary/aromatic N) is 2. The Kier molecular flexibility index (Phi) is 3.79. The highest BCUT2D eigenvalue weighted by atomic mass is 79.9. The van der Waals surface area contributed by atoms with E-state index in [0.717, 1.165) is 22.3 Å². The fraction of sp³-hybridized carbons (Fsp3) is 0.300. The average Bonchev–Trinajstić information content (AvgIpc) is 3.15. The van der Waals surface area contributed by atoms with Crippen molar-refractivity contribution >= 4 is 50.2 Å². The minimum Gasteiger partial charge on any atom is -0.448 e. The molecule has 0 unspecified atom stereocenters. The molecular weight excluding hydrogens is 410 g/mol. The van der Waals surface area contributed by atoms with Gasteiger partial charge in [0.05, 0.1) is 16.6 Å². The fourth-order valence-electron chi connectivity index (χ4n) is 3.90. The molecule has 0 bridgehead atoms. The first-order valence-corrected chi connectivity index (χ1v) is 9.40. The smallest absolute Gasteiger partial charge is 0.272 e. The molecule has 0 fully saturated rings. The molecule has 2 aromatic heterocycles. The minimum atomic E-state index is -0.618. The molecule has 3 aromatic rings. The summed E-state index contributed by atoms with van der Waals surface area (Å²) in [4.78, 5) is 27.1. The molecule has 0 spiro atoms. The van der Waals surface area contributed by atoms with Crippen molar-refractivity contribution in [3.05, 3.63) is 45.8 Å². The zero-order chi connectivity index (χ0) is 19.7. The predicted molar refractivity (Wildman–Crippen MR) is 108 cm³/mol. The lowest BCUT2D eigenvalue weighted by Crippen LogP contribution is -2.33. The van der Waals surface area contributed by atoms with Crippen LogP contribution in [0.15, 0.2) is 33.4 Å². The summed E-state index contributed by atoms with van der Waals surface area (Å²) in [5, 5.41) is 2.96. The Hall–Kier alpha value is -2.54. The van der Waals surface area contributed by atoms with Gasteiger partial charge in [-0.1, -0.05) is 0 Å². The van der Waals surface area contributed by atoms with Crippen molar-refractivity contribution in [1.82, 2.24) is 4.57 Å². The maximum Gasteiger partial charge on any atom is 0.272 e. The van der Waals surface area contributed by atoms with E-state index in [1.165, 1.54) is 0 Å². The highest BCUT2D eigenvalue weighted by Gasteiger charge is 2.43. The molecule has 0 atom stereocenters. The zero-order valence-corrected chi connectivity index (χ0v) is 17.4. The SMILES string of the molecule is Cc1cc(NC(=O)c2cc3oc(Br)cc3n2C)cc2c1N(C)C(=O)C2(C)C. The number of amides is 2. The van der Waals surface area contributed by atoms with Crippen LogP contribution in [0.3, 0.4) is 0 Å². The summed E-state index contributed by atoms with van der Waals surface area (Å²) in [5.41, 5.74) is 4.84. The number of aromatic nitrogens is 1. The van der Waals surface area contributed by atoms with Crippen molar-refractivity contribution in [1.29, 1.82) is 0 Å². The quantitative estimate of drug-likeness (QED) is 0.658. The molecule has 0 saturated carbocycles. The Morgan fingerprint density at radius 3 is 2.56 bits per heavy atom. The number of benzene rings is 1. The Morgan fingerprint density at radius 2 is 1.89 bits per heavy atom. The molecule has 7 heteroatoms. The molecule has 0 radical (unpaired) electrons. The van der Waals surface area contributed by atoms with Crippen molar-refractivity contribution in [2.75, 3.05) is 17.3 Å². The van der Waals surface area contributed by atoms with Crippen LogP contribution in [0.25, 0.3) is 11.1 Å². The summed E-state index contributed by atoms with van der Waals surface area (Å²) >= 11 is 3.30. The highest BCUT2D eigenvalue weighted by molar-refractivity contribution is 9.10. The highest BCUT2D eigenvalue weighted by Crippen LogP contribution is 2.44. The fourth-order valence-corrected chi connectivity index (χ4v) is 4.30. The van der Waals surface area contributed by atoms with E-state index in [1.54, 1.807) is 22.6 Å². The molecule has 6 nitrogen and oxygen atoms in total. The van der Waals surface area contributed by atoms with E-state index < -0.39 is 5.41 Å². The molecule has 4 rings (SSSR count). The van der Waals surface area contributed by atoms with Crippen LogP contribution in [0.1, 0.15) is 35.5 Å². The number of fused-ring (bicyclic) bond motifs is 2. The molecule has 1 aliphatic rings. The lowest BCUT2D eigenvalue weighted by Gasteiger charge is -2.17. The van der Waals surface area contributed by atoms with Gasteiger partial charge in [-0.05, 0) is 60.0 Å². The summed E-state index contributed by atoms with van der Waals surface area (Å²) < 4.78 is 7.95. The average molecular weight is 430 g/mol. The lowest BCUT2D eigenvalue weighted by molar-refractivity contribution is -0.121. The summed E-state index contributed by atoms with van der Waals surface area (Å²) in [7, 11) is 3.61. The number of likely N-dealkylation sites (N-methyl/N-ethyl adjacent to an activating group) is 1. The number of carbonyl (C=O) groups excluding carboxylic acids is 2. The first-order chi connectivity index (χ1) is 12.6. The van der Waals surface area contributed by atoms with Gasteiger partial charge in [-0.25, -0.2) is 0 Å². The summed E-state index contributed by atoms with van der Waals surface area (Å²) in [6.45, 7) is 5.77. The van der Waals surface area contributed by atoms with E-state index in [2.05, 4.69) is 21.2 Å². The van der Waals surface area contributed by atoms with Crippen LogP contribution in [0.5, 0.6) is 0 Å². The maximum absolute atomic E-state index is 12.8. The van der Waals surface area contributed by atoms with Crippen molar-refractivity contribution in [2.45, 2.75) is 26.2 Å². The van der Waals surface area contributed by atoms with Gasteiger partial charge in [0.15, 0.2) is 10.3 Å². The molecule has 2 amide bonds. The molecule has 0 aliphatic carbocycles. The van der Waals surface area contributed by atoms with Crippen molar-refractivity contribution < 1.29 is 14.0 Å². The largest absolute Gasteiger partial charge is 0.448 e. The van der Waals surface area contributed by atoms with E-state index in [4.69, 9.17) is 4.42 Å². The Balaban J connectivity index is 1.71. The second kappa shape index (κ2) is 5.73. The van der Waals surface area contributed by atoms with E-state index in [0.29, 0.717) is 21.6 Å². The lowest BCUT2D eigenvalue weighted by atomic mass is 9.85. The molecule has 1 aliphatic heterocycles. The van der Waals surface area contributed by atoms with Crippen LogP contribution in [0.4, 0.5) is 11.4 Å². The molecule has 0 saturated heterocycles. The maximum atomic E-state index is 12.8. The van der Waals surface area contributed by atoms with Crippen molar-refractivity contribution in [2.24, 2.45) is 7.05 Å². The van der Waals surface area contributed by atoms with Gasteiger partial charge in [-0.15, -0.1) is 0 Å². The number of halogens is 1. The van der Waals surface area contributed by atoms with Gasteiger partial charge in [0.1, 0.15) is 5.69 Å². The molecule has 1 N–H and O–H groups in total. The molecule has 3 heterocycles. The number of aryl methyl sites for hydroxylation is 2. The predicted octanol–water partition coefficient (Wildman–Crippen LogP) is 4.35. The zero-order valence-electron chi connectivity index (χ0n) is 15.8. The summed E-state index contributed by atoms with van der Waals surface area (Å²) in [5.74, 6) is -0.174. The van der Waals surface area contributed by atoms with Gasteiger partial charge >= 0.3 is 0 Å². The van der Waals surface area contributed by atoms with Gasteiger partial charge in [-0.3, -0.25) is 9.59 Å². The van der Waals surface area contributed by atoms with Gasteiger partial charge < -0.3 is 19.2 Å². The van der Waals surface area contributed by atoms with Gasteiger partial charge in [-0.2, -0.15) is 0 Å². The van der Waals surface area contributed by atoms with Crippen LogP contribution >= 0.6 is 15.9 Å². The van der Waals surface area contributed by atoms with Gasteiger partial charge in [0, 0.05) is 31.9 Å². The third-order valence-electron chi connectivity index (χ3n) is 5.34. The standard InChI is InChI=1S/C20H20BrN3O3/c1-10-6-11(7-12-17(10)24(5)19(26)20(12,2)3)22-18(25)14-8-15-13(23(14)4)9-16(21)27-15/h6-9H,1-5H3,(H,22,25). The third kappa shape index (κ3) is 2.52. The number of hydrogen-bond donors (Lipinski definition) is 1. The van der Waals surface area contributed by atoms with Crippen LogP contribution < -0.4 is 10.2 Å². The first-order valence-electron chi connectivity index (χ1n) is 8.60. The monoisotopic (exact) mass is 429 g/mol. The second-order valence-electron chi connectivity index (χ2n) is 7.52. The number of furan rings is 1.